The fraction of sp³-hybridized carbons (Fsp3) is 0.375. The first-order valence-electron chi connectivity index (χ1n) is 3.43. The Morgan fingerprint density at radius 1 is 1.15 bits per heavy atom. The molecule has 0 radical (unpaired) electrons. The predicted molar refractivity (Wildman–Crippen MR) is 46.3 cm³/mol. The van der Waals surface area contributed by atoms with Crippen molar-refractivity contribution in [1.82, 2.24) is 0 Å². The molecule has 0 heterocycles. The summed E-state index contributed by atoms with van der Waals surface area (Å²) < 4.78 is 8.69. The van der Waals surface area contributed by atoms with E-state index in [1.165, 1.54) is 21.1 Å². The van der Waals surface area contributed by atoms with Crippen molar-refractivity contribution in [1.29, 1.82) is 0 Å². The zero-order valence-electron chi connectivity index (χ0n) is 7.79. The van der Waals surface area contributed by atoms with Gasteiger partial charge >= 0.3 is 11.9 Å². The van der Waals surface area contributed by atoms with Crippen LogP contribution in [0.15, 0.2) is 17.3 Å². The van der Waals surface area contributed by atoms with E-state index in [2.05, 4.69) is 21.0 Å². The summed E-state index contributed by atoms with van der Waals surface area (Å²) >= 11 is 0. The summed E-state index contributed by atoms with van der Waals surface area (Å²) in [6, 6.07) is 0. The molecule has 0 spiro atoms. The molecule has 0 aromatic rings. The molecule has 0 aliphatic heterocycles. The molecule has 0 saturated carbocycles. The fourth-order valence-corrected chi connectivity index (χ4v) is 0.559. The molecule has 0 aromatic carbocycles. The van der Waals surface area contributed by atoms with Gasteiger partial charge in [-0.2, -0.15) is 0 Å². The monoisotopic (exact) mass is 185 g/mol. The number of rotatable bonds is 3. The molecule has 0 saturated heterocycles. The van der Waals surface area contributed by atoms with Crippen molar-refractivity contribution < 1.29 is 19.1 Å². The van der Waals surface area contributed by atoms with E-state index in [4.69, 9.17) is 0 Å². The van der Waals surface area contributed by atoms with Gasteiger partial charge in [0, 0.05) is 0 Å². The lowest BCUT2D eigenvalue weighted by Crippen LogP contribution is -2.13. The van der Waals surface area contributed by atoms with E-state index < -0.39 is 11.9 Å². The third kappa shape index (κ3) is 3.50. The van der Waals surface area contributed by atoms with E-state index in [-0.39, 0.29) is 11.4 Å². The van der Waals surface area contributed by atoms with E-state index in [1.807, 2.05) is 0 Å². The van der Waals surface area contributed by atoms with Gasteiger partial charge in [0.25, 0.3) is 0 Å². The summed E-state index contributed by atoms with van der Waals surface area (Å²) in [5.74, 6) is -1.28. The number of aliphatic imine (C=N–C) groups is 1. The highest BCUT2D eigenvalue weighted by molar-refractivity contribution is 6.36. The van der Waals surface area contributed by atoms with E-state index in [0.717, 1.165) is 0 Å². The SMILES string of the molecule is C=C(N=C(C)C(=O)OC)C(=O)OC. The highest BCUT2D eigenvalue weighted by Gasteiger charge is 2.09. The Morgan fingerprint density at radius 3 is 2.00 bits per heavy atom. The van der Waals surface area contributed by atoms with Crippen molar-refractivity contribution in [2.75, 3.05) is 14.2 Å². The number of hydrogen-bond donors (Lipinski definition) is 0. The van der Waals surface area contributed by atoms with Crippen LogP contribution in [0.5, 0.6) is 0 Å². The van der Waals surface area contributed by atoms with Crippen LogP contribution in [0.25, 0.3) is 0 Å². The lowest BCUT2D eigenvalue weighted by Gasteiger charge is -1.99. The Kier molecular flexibility index (Phi) is 4.43. The van der Waals surface area contributed by atoms with Crippen LogP contribution in [0, 0.1) is 0 Å². The van der Waals surface area contributed by atoms with Crippen LogP contribution < -0.4 is 0 Å². The van der Waals surface area contributed by atoms with Crippen molar-refractivity contribution >= 4 is 17.7 Å². The number of carbonyl (C=O) groups excluding carboxylic acids is 2. The van der Waals surface area contributed by atoms with Crippen LogP contribution in [0.3, 0.4) is 0 Å². The first kappa shape index (κ1) is 11.4. The van der Waals surface area contributed by atoms with Gasteiger partial charge < -0.3 is 9.47 Å². The maximum absolute atomic E-state index is 10.8. The van der Waals surface area contributed by atoms with Crippen molar-refractivity contribution in [3.63, 3.8) is 0 Å². The average molecular weight is 185 g/mol. The van der Waals surface area contributed by atoms with Crippen molar-refractivity contribution in [2.24, 2.45) is 4.99 Å². The second-order valence-electron chi connectivity index (χ2n) is 2.13. The standard InChI is InChI=1S/C8H11NO4/c1-5(7(10)12-3)9-6(2)8(11)13-4/h1H2,2-4H3. The smallest absolute Gasteiger partial charge is 0.356 e. The lowest BCUT2D eigenvalue weighted by atomic mass is 10.4. The van der Waals surface area contributed by atoms with Gasteiger partial charge in [0.15, 0.2) is 0 Å². The molecule has 0 atom stereocenters. The molecule has 5 heteroatoms. The van der Waals surface area contributed by atoms with Crippen LogP contribution in [0.4, 0.5) is 0 Å². The average Bonchev–Trinajstić information content (AvgIpc) is 2.14. The fourth-order valence-electron chi connectivity index (χ4n) is 0.559. The van der Waals surface area contributed by atoms with Gasteiger partial charge in [0.05, 0.1) is 14.2 Å². The van der Waals surface area contributed by atoms with E-state index >= 15 is 0 Å². The second kappa shape index (κ2) is 5.08. The maximum atomic E-state index is 10.8. The van der Waals surface area contributed by atoms with E-state index in [0.29, 0.717) is 0 Å². The highest BCUT2D eigenvalue weighted by atomic mass is 16.5. The Morgan fingerprint density at radius 2 is 1.62 bits per heavy atom. The minimum Gasteiger partial charge on any atom is -0.465 e. The maximum Gasteiger partial charge on any atom is 0.356 e. The quantitative estimate of drug-likeness (QED) is 0.360. The minimum atomic E-state index is -0.678. The van der Waals surface area contributed by atoms with Gasteiger partial charge in [0.2, 0.25) is 0 Å². The van der Waals surface area contributed by atoms with Gasteiger partial charge in [-0.3, -0.25) is 0 Å². The zero-order valence-corrected chi connectivity index (χ0v) is 7.79. The van der Waals surface area contributed by atoms with Gasteiger partial charge in [-0.05, 0) is 6.92 Å². The molecule has 0 aliphatic rings. The molecule has 0 amide bonds. The molecule has 0 N–H and O–H groups in total. The molecule has 0 fully saturated rings. The van der Waals surface area contributed by atoms with Crippen LogP contribution >= 0.6 is 0 Å². The summed E-state index contributed by atoms with van der Waals surface area (Å²) in [6.07, 6.45) is 0. The third-order valence-corrected chi connectivity index (χ3v) is 1.20. The highest BCUT2D eigenvalue weighted by Crippen LogP contribution is 1.97. The Bertz CT molecular complexity index is 267. The van der Waals surface area contributed by atoms with Crippen molar-refractivity contribution in [3.05, 3.63) is 12.3 Å². The summed E-state index contributed by atoms with van der Waals surface area (Å²) in [7, 11) is 2.43. The number of carbonyl (C=O) groups is 2. The number of nitrogens with zero attached hydrogens (tertiary/aromatic N) is 1. The van der Waals surface area contributed by atoms with Gasteiger partial charge in [-0.25, -0.2) is 14.6 Å². The van der Waals surface area contributed by atoms with Crippen LogP contribution in [0.2, 0.25) is 0 Å². The molecule has 72 valence electrons. The summed E-state index contributed by atoms with van der Waals surface area (Å²) in [5.41, 5.74) is -0.0803. The Balaban J connectivity index is 4.48. The third-order valence-electron chi connectivity index (χ3n) is 1.20. The molecule has 0 bridgehead atoms. The first-order valence-corrected chi connectivity index (χ1v) is 3.43. The number of hydrogen-bond acceptors (Lipinski definition) is 5. The van der Waals surface area contributed by atoms with E-state index in [9.17, 15) is 9.59 Å². The van der Waals surface area contributed by atoms with E-state index in [1.54, 1.807) is 0 Å². The van der Waals surface area contributed by atoms with Gasteiger partial charge in [0.1, 0.15) is 11.4 Å². The molecule has 0 unspecified atom stereocenters. The van der Waals surface area contributed by atoms with Crippen LogP contribution in [-0.2, 0) is 19.1 Å². The van der Waals surface area contributed by atoms with Crippen LogP contribution in [-0.4, -0.2) is 31.9 Å². The molecule has 0 aromatic heterocycles. The molecule has 13 heavy (non-hydrogen) atoms. The van der Waals surface area contributed by atoms with Gasteiger partial charge in [-0.1, -0.05) is 6.58 Å². The Labute approximate surface area is 76.0 Å². The summed E-state index contributed by atoms with van der Waals surface area (Å²) in [5, 5.41) is 0. The topological polar surface area (TPSA) is 65.0 Å². The molecular weight excluding hydrogens is 174 g/mol. The minimum absolute atomic E-state index is 0.0536. The second-order valence-corrected chi connectivity index (χ2v) is 2.13. The normalized spacial score (nSPS) is 10.5. The number of esters is 2. The molecular formula is C8H11NO4. The molecule has 0 aliphatic carbocycles. The van der Waals surface area contributed by atoms with Crippen molar-refractivity contribution in [3.8, 4) is 0 Å². The van der Waals surface area contributed by atoms with Crippen LogP contribution in [0.1, 0.15) is 6.92 Å². The molecule has 5 nitrogen and oxygen atoms in total. The molecule has 0 rings (SSSR count). The first-order chi connectivity index (χ1) is 6.02. The summed E-state index contributed by atoms with van der Waals surface area (Å²) in [4.78, 5) is 25.2. The van der Waals surface area contributed by atoms with Gasteiger partial charge in [-0.15, -0.1) is 0 Å². The van der Waals surface area contributed by atoms with Crippen molar-refractivity contribution in [2.45, 2.75) is 6.92 Å². The predicted octanol–water partition coefficient (Wildman–Crippen LogP) is 0.307. The largest absolute Gasteiger partial charge is 0.465 e. The zero-order chi connectivity index (χ0) is 10.4. The Hall–Kier alpha value is -1.65. The summed E-state index contributed by atoms with van der Waals surface area (Å²) in [6.45, 7) is 4.73. The number of methoxy groups -OCH3 is 2. The lowest BCUT2D eigenvalue weighted by molar-refractivity contribution is -0.136. The number of ether oxygens (including phenoxy) is 2.